The first-order valence-corrected chi connectivity index (χ1v) is 6.35. The summed E-state index contributed by atoms with van der Waals surface area (Å²) in [4.78, 5) is 11.2. The summed E-state index contributed by atoms with van der Waals surface area (Å²) in [5.41, 5.74) is 3.53. The fourth-order valence-corrected chi connectivity index (χ4v) is 2.50. The first-order valence-electron chi connectivity index (χ1n) is 6.35. The van der Waals surface area contributed by atoms with Gasteiger partial charge < -0.3 is 0 Å². The predicted molar refractivity (Wildman–Crippen MR) is 80.3 cm³/mol. The molecule has 0 atom stereocenters. The average molecular weight is 246 g/mol. The van der Waals surface area contributed by atoms with Crippen molar-refractivity contribution in [2.24, 2.45) is 0 Å². The van der Waals surface area contributed by atoms with Crippen molar-refractivity contribution in [2.45, 2.75) is 6.92 Å². The van der Waals surface area contributed by atoms with Gasteiger partial charge in [0.05, 0.1) is 0 Å². The van der Waals surface area contributed by atoms with Gasteiger partial charge in [-0.2, -0.15) is 0 Å². The Morgan fingerprint density at radius 2 is 1.47 bits per heavy atom. The molecule has 1 nitrogen and oxygen atoms in total. The van der Waals surface area contributed by atoms with Crippen LogP contribution in [0.4, 0.5) is 0 Å². The van der Waals surface area contributed by atoms with Crippen molar-refractivity contribution < 1.29 is 4.79 Å². The molecule has 0 bridgehead atoms. The fraction of sp³-hybridized carbons (Fsp3) is 0.0556. The Kier molecular flexibility index (Phi) is 2.88. The number of allylic oxidation sites excluding steroid dienone is 1. The molecule has 2 aliphatic carbocycles. The van der Waals surface area contributed by atoms with Gasteiger partial charge in [0.25, 0.3) is 0 Å². The molecule has 0 unspecified atom stereocenters. The summed E-state index contributed by atoms with van der Waals surface area (Å²) in [5.74, 6) is 0.0683. The van der Waals surface area contributed by atoms with Crippen molar-refractivity contribution in [3.8, 4) is 11.1 Å². The maximum atomic E-state index is 11.2. The van der Waals surface area contributed by atoms with Crippen molar-refractivity contribution in [3.05, 3.63) is 66.2 Å². The van der Waals surface area contributed by atoms with E-state index in [9.17, 15) is 4.79 Å². The van der Waals surface area contributed by atoms with Gasteiger partial charge in [-0.1, -0.05) is 60.7 Å². The molecule has 0 aromatic heterocycles. The number of carbonyl (C=O) groups is 1. The van der Waals surface area contributed by atoms with Gasteiger partial charge in [-0.3, -0.25) is 4.79 Å². The Morgan fingerprint density at radius 1 is 0.842 bits per heavy atom. The summed E-state index contributed by atoms with van der Waals surface area (Å²) in [5, 5.41) is 2.43. The van der Waals surface area contributed by atoms with Gasteiger partial charge in [0.15, 0.2) is 5.78 Å². The first-order chi connectivity index (χ1) is 9.27. The van der Waals surface area contributed by atoms with E-state index in [1.54, 1.807) is 13.0 Å². The van der Waals surface area contributed by atoms with Crippen molar-refractivity contribution in [3.63, 3.8) is 0 Å². The molecule has 92 valence electrons. The zero-order chi connectivity index (χ0) is 13.2. The summed E-state index contributed by atoms with van der Waals surface area (Å²) in [6.07, 6.45) is 3.56. The third-order valence-corrected chi connectivity index (χ3v) is 3.32. The van der Waals surface area contributed by atoms with Crippen molar-refractivity contribution in [2.75, 3.05) is 0 Å². The van der Waals surface area contributed by atoms with Gasteiger partial charge in [0.1, 0.15) is 0 Å². The second-order valence-electron chi connectivity index (χ2n) is 4.64. The molecule has 2 aliphatic rings. The van der Waals surface area contributed by atoms with Crippen LogP contribution in [-0.2, 0) is 4.79 Å². The molecule has 0 spiro atoms. The lowest BCUT2D eigenvalue weighted by molar-refractivity contribution is -0.112. The molecule has 0 saturated heterocycles. The van der Waals surface area contributed by atoms with Crippen LogP contribution < -0.4 is 0 Å². The van der Waals surface area contributed by atoms with Gasteiger partial charge in [0.2, 0.25) is 0 Å². The highest BCUT2D eigenvalue weighted by atomic mass is 16.1. The molecule has 1 heteroatoms. The highest BCUT2D eigenvalue weighted by Gasteiger charge is 2.13. The van der Waals surface area contributed by atoms with Gasteiger partial charge in [-0.15, -0.1) is 0 Å². The molecular formula is C18H14O. The Morgan fingerprint density at radius 3 is 2.21 bits per heavy atom. The lowest BCUT2D eigenvalue weighted by atomic mass is 10.1. The van der Waals surface area contributed by atoms with Crippen LogP contribution in [0.5, 0.6) is 0 Å². The smallest absolute Gasteiger partial charge is 0.152 e. The molecule has 3 rings (SSSR count). The molecule has 19 heavy (non-hydrogen) atoms. The van der Waals surface area contributed by atoms with E-state index in [1.165, 1.54) is 21.9 Å². The minimum Gasteiger partial charge on any atom is -0.295 e. The van der Waals surface area contributed by atoms with E-state index >= 15 is 0 Å². The lowest BCUT2D eigenvalue weighted by Gasteiger charge is -1.95. The molecule has 0 amide bonds. The molecule has 1 aromatic rings. The average Bonchev–Trinajstić information content (AvgIpc) is 2.56. The molecule has 0 N–H and O–H groups in total. The van der Waals surface area contributed by atoms with Crippen molar-refractivity contribution >= 4 is 22.6 Å². The second-order valence-corrected chi connectivity index (χ2v) is 4.64. The number of benzene rings is 1. The minimum atomic E-state index is 0.0683. The summed E-state index contributed by atoms with van der Waals surface area (Å²) in [6.45, 7) is 1.57. The molecule has 0 radical (unpaired) electrons. The SMILES string of the molecule is CC(=O)/C=C/c1c2cccccc-2c2ccccc12. The number of hydrogen-bond acceptors (Lipinski definition) is 1. The van der Waals surface area contributed by atoms with E-state index < -0.39 is 0 Å². The van der Waals surface area contributed by atoms with Crippen LogP contribution in [0, 0.1) is 0 Å². The largest absolute Gasteiger partial charge is 0.295 e. The highest BCUT2D eigenvalue weighted by molar-refractivity contribution is 6.10. The van der Waals surface area contributed by atoms with Gasteiger partial charge in [-0.05, 0) is 40.5 Å². The monoisotopic (exact) mass is 246 g/mol. The third-order valence-electron chi connectivity index (χ3n) is 3.32. The van der Waals surface area contributed by atoms with Crippen LogP contribution in [-0.4, -0.2) is 5.78 Å². The first kappa shape index (κ1) is 11.7. The number of hydrogen-bond donors (Lipinski definition) is 0. The summed E-state index contributed by atoms with van der Waals surface area (Å²) >= 11 is 0. The van der Waals surface area contributed by atoms with Crippen LogP contribution in [0.25, 0.3) is 28.0 Å². The number of carbonyl (C=O) groups excluding carboxylic acids is 1. The van der Waals surface area contributed by atoms with Gasteiger partial charge in [0, 0.05) is 0 Å². The van der Waals surface area contributed by atoms with Gasteiger partial charge in [-0.25, -0.2) is 0 Å². The van der Waals surface area contributed by atoms with E-state index in [0.29, 0.717) is 0 Å². The van der Waals surface area contributed by atoms with E-state index in [0.717, 1.165) is 5.56 Å². The standard InChI is InChI=1S/C18H14O/c1-13(19)11-12-18-16-8-4-2-3-7-14(16)15-9-5-6-10-17(15)18/h2-12H,1H3/b12-11+. The molecular weight excluding hydrogens is 232 g/mol. The van der Waals surface area contributed by atoms with E-state index in [1.807, 2.05) is 36.4 Å². The molecule has 0 fully saturated rings. The normalized spacial score (nSPS) is 11.4. The minimum absolute atomic E-state index is 0.0683. The fourth-order valence-electron chi connectivity index (χ4n) is 2.50. The predicted octanol–water partition coefficient (Wildman–Crippen LogP) is 4.55. The summed E-state index contributed by atoms with van der Waals surface area (Å²) < 4.78 is 0. The quantitative estimate of drug-likeness (QED) is 0.606. The summed E-state index contributed by atoms with van der Waals surface area (Å²) in [7, 11) is 0. The Bertz CT molecular complexity index is 753. The summed E-state index contributed by atoms with van der Waals surface area (Å²) in [6, 6.07) is 18.7. The van der Waals surface area contributed by atoms with E-state index in [2.05, 4.69) is 24.3 Å². The number of rotatable bonds is 2. The Labute approximate surface area is 112 Å². The highest BCUT2D eigenvalue weighted by Crippen LogP contribution is 2.38. The van der Waals surface area contributed by atoms with Crippen LogP contribution in [0.2, 0.25) is 0 Å². The zero-order valence-corrected chi connectivity index (χ0v) is 10.8. The third kappa shape index (κ3) is 2.04. The van der Waals surface area contributed by atoms with Crippen LogP contribution in [0.3, 0.4) is 0 Å². The molecule has 0 heterocycles. The second kappa shape index (κ2) is 4.69. The number of fused-ring (bicyclic) bond motifs is 3. The van der Waals surface area contributed by atoms with Crippen LogP contribution in [0.1, 0.15) is 12.5 Å². The maximum absolute atomic E-state index is 11.2. The van der Waals surface area contributed by atoms with Crippen LogP contribution in [0.15, 0.2) is 60.7 Å². The molecule has 1 aromatic carbocycles. The Balaban J connectivity index is 2.38. The zero-order valence-electron chi connectivity index (χ0n) is 10.8. The Hall–Kier alpha value is -2.41. The van der Waals surface area contributed by atoms with E-state index in [4.69, 9.17) is 0 Å². The van der Waals surface area contributed by atoms with Crippen molar-refractivity contribution in [1.82, 2.24) is 0 Å². The van der Waals surface area contributed by atoms with Crippen molar-refractivity contribution in [1.29, 1.82) is 0 Å². The lowest BCUT2D eigenvalue weighted by Crippen LogP contribution is -1.80. The van der Waals surface area contributed by atoms with E-state index in [-0.39, 0.29) is 5.78 Å². The number of ketones is 1. The molecule has 0 aliphatic heterocycles. The maximum Gasteiger partial charge on any atom is 0.152 e. The topological polar surface area (TPSA) is 17.1 Å². The molecule has 0 saturated carbocycles. The van der Waals surface area contributed by atoms with Gasteiger partial charge >= 0.3 is 0 Å². The van der Waals surface area contributed by atoms with Crippen LogP contribution >= 0.6 is 0 Å².